The molecule has 0 saturated heterocycles. The number of hydrogen-bond donors (Lipinski definition) is 1. The Morgan fingerprint density at radius 2 is 1.43 bits per heavy atom. The molecular formula is C25H21N3O2. The molecule has 0 atom stereocenters. The van der Waals surface area contributed by atoms with Gasteiger partial charge in [-0.2, -0.15) is 5.10 Å². The van der Waals surface area contributed by atoms with Crippen molar-refractivity contribution in [3.63, 3.8) is 0 Å². The molecule has 1 N–H and O–H groups in total. The minimum atomic E-state index is 0.677. The lowest BCUT2D eigenvalue weighted by Gasteiger charge is -2.13. The molecule has 5 aromatic rings. The fourth-order valence-corrected chi connectivity index (χ4v) is 3.92. The molecule has 2 heterocycles. The van der Waals surface area contributed by atoms with Gasteiger partial charge in [-0.25, -0.2) is 4.98 Å². The first-order chi connectivity index (χ1) is 14.8. The van der Waals surface area contributed by atoms with Crippen LogP contribution in [0.2, 0.25) is 0 Å². The molecule has 3 aromatic carbocycles. The highest BCUT2D eigenvalue weighted by Crippen LogP contribution is 2.40. The fourth-order valence-electron chi connectivity index (χ4n) is 3.92. The van der Waals surface area contributed by atoms with Crippen LogP contribution < -0.4 is 9.47 Å². The topological polar surface area (TPSA) is 60.0 Å². The summed E-state index contributed by atoms with van der Waals surface area (Å²) in [4.78, 5) is 4.95. The molecule has 5 heteroatoms. The van der Waals surface area contributed by atoms with Crippen LogP contribution in [0.1, 0.15) is 11.3 Å². The molecule has 0 radical (unpaired) electrons. The van der Waals surface area contributed by atoms with Gasteiger partial charge in [-0.05, 0) is 17.7 Å². The van der Waals surface area contributed by atoms with Crippen LogP contribution in [0.25, 0.3) is 33.1 Å². The number of aromatic nitrogens is 3. The maximum absolute atomic E-state index is 5.60. The maximum atomic E-state index is 5.60. The van der Waals surface area contributed by atoms with Crippen LogP contribution in [-0.2, 0) is 6.42 Å². The van der Waals surface area contributed by atoms with E-state index >= 15 is 0 Å². The highest BCUT2D eigenvalue weighted by atomic mass is 16.5. The van der Waals surface area contributed by atoms with Crippen LogP contribution in [0.4, 0.5) is 0 Å². The quantitative estimate of drug-likeness (QED) is 0.434. The van der Waals surface area contributed by atoms with Gasteiger partial charge in [-0.3, -0.25) is 5.10 Å². The van der Waals surface area contributed by atoms with Gasteiger partial charge in [0, 0.05) is 22.8 Å². The summed E-state index contributed by atoms with van der Waals surface area (Å²) in [6.07, 6.45) is 0.719. The van der Waals surface area contributed by atoms with Gasteiger partial charge >= 0.3 is 0 Å². The first kappa shape index (κ1) is 18.2. The maximum Gasteiger partial charge on any atom is 0.161 e. The molecule has 0 fully saturated rings. The summed E-state index contributed by atoms with van der Waals surface area (Å²) in [6, 6.07) is 24.5. The highest BCUT2D eigenvalue weighted by molar-refractivity contribution is 6.12. The molecule has 2 aromatic heterocycles. The van der Waals surface area contributed by atoms with Crippen LogP contribution in [-0.4, -0.2) is 29.4 Å². The van der Waals surface area contributed by atoms with Crippen molar-refractivity contribution in [2.75, 3.05) is 14.2 Å². The second-order valence-corrected chi connectivity index (χ2v) is 7.14. The van der Waals surface area contributed by atoms with Crippen molar-refractivity contribution in [1.82, 2.24) is 15.2 Å². The Hall–Kier alpha value is -3.86. The average molecular weight is 395 g/mol. The Morgan fingerprint density at radius 1 is 0.800 bits per heavy atom. The number of rotatable bonds is 5. The molecule has 0 aliphatic heterocycles. The van der Waals surface area contributed by atoms with Crippen molar-refractivity contribution in [2.24, 2.45) is 0 Å². The number of ether oxygens (including phenoxy) is 2. The Kier molecular flexibility index (Phi) is 4.56. The SMILES string of the molecule is COc1cc2c(-c3ccccc3)nc3[nH]nc(Cc4ccccc4)c3c2cc1OC. The predicted molar refractivity (Wildman–Crippen MR) is 119 cm³/mol. The van der Waals surface area contributed by atoms with Crippen molar-refractivity contribution < 1.29 is 9.47 Å². The van der Waals surface area contributed by atoms with E-state index in [1.165, 1.54) is 5.56 Å². The Morgan fingerprint density at radius 3 is 2.10 bits per heavy atom. The molecule has 0 unspecified atom stereocenters. The van der Waals surface area contributed by atoms with E-state index in [9.17, 15) is 0 Å². The van der Waals surface area contributed by atoms with E-state index in [1.54, 1.807) is 14.2 Å². The number of fused-ring (bicyclic) bond motifs is 3. The van der Waals surface area contributed by atoms with Crippen LogP contribution in [0, 0.1) is 0 Å². The fraction of sp³-hybridized carbons (Fsp3) is 0.120. The molecule has 148 valence electrons. The van der Waals surface area contributed by atoms with E-state index in [2.05, 4.69) is 34.5 Å². The number of hydrogen-bond acceptors (Lipinski definition) is 4. The second kappa shape index (κ2) is 7.52. The van der Waals surface area contributed by atoms with Gasteiger partial charge in [-0.1, -0.05) is 60.7 Å². The van der Waals surface area contributed by atoms with Crippen LogP contribution in [0.3, 0.4) is 0 Å². The lowest BCUT2D eigenvalue weighted by Crippen LogP contribution is -1.95. The predicted octanol–water partition coefficient (Wildman–Crippen LogP) is 5.39. The number of benzene rings is 3. The van der Waals surface area contributed by atoms with Gasteiger partial charge < -0.3 is 9.47 Å². The number of H-pyrrole nitrogens is 1. The zero-order valence-electron chi connectivity index (χ0n) is 16.8. The van der Waals surface area contributed by atoms with E-state index in [0.717, 1.165) is 45.2 Å². The number of pyridine rings is 1. The molecule has 0 bridgehead atoms. The van der Waals surface area contributed by atoms with Gasteiger partial charge in [0.25, 0.3) is 0 Å². The summed E-state index contributed by atoms with van der Waals surface area (Å²) in [6.45, 7) is 0. The van der Waals surface area contributed by atoms with Gasteiger partial charge in [0.15, 0.2) is 17.1 Å². The van der Waals surface area contributed by atoms with E-state index < -0.39 is 0 Å². The number of methoxy groups -OCH3 is 2. The molecule has 0 aliphatic carbocycles. The largest absolute Gasteiger partial charge is 0.493 e. The first-order valence-corrected chi connectivity index (χ1v) is 9.80. The van der Waals surface area contributed by atoms with Crippen LogP contribution >= 0.6 is 0 Å². The summed E-state index contributed by atoms with van der Waals surface area (Å²) < 4.78 is 11.2. The van der Waals surface area contributed by atoms with Crippen molar-refractivity contribution in [1.29, 1.82) is 0 Å². The molecule has 5 nitrogen and oxygen atoms in total. The van der Waals surface area contributed by atoms with E-state index in [4.69, 9.17) is 14.5 Å². The molecule has 5 rings (SSSR count). The summed E-state index contributed by atoms with van der Waals surface area (Å²) in [5, 5.41) is 10.8. The molecule has 0 amide bonds. The van der Waals surface area contributed by atoms with Gasteiger partial charge in [0.2, 0.25) is 0 Å². The minimum Gasteiger partial charge on any atom is -0.493 e. The standard InChI is InChI=1S/C25H21N3O2/c1-29-21-14-18-19(15-22(21)30-2)24(17-11-7-4-8-12-17)26-25-23(18)20(27-28-25)13-16-9-5-3-6-10-16/h3-12,14-15H,13H2,1-2H3,(H,26,27,28). The average Bonchev–Trinajstić information content (AvgIpc) is 3.21. The zero-order chi connectivity index (χ0) is 20.5. The normalized spacial score (nSPS) is 11.1. The van der Waals surface area contributed by atoms with Crippen molar-refractivity contribution in [3.05, 3.63) is 84.1 Å². The minimum absolute atomic E-state index is 0.677. The van der Waals surface area contributed by atoms with E-state index in [0.29, 0.717) is 11.5 Å². The van der Waals surface area contributed by atoms with Gasteiger partial charge in [0.1, 0.15) is 0 Å². The summed E-state index contributed by atoms with van der Waals surface area (Å²) in [7, 11) is 3.30. The first-order valence-electron chi connectivity index (χ1n) is 9.80. The Labute approximate surface area is 174 Å². The zero-order valence-corrected chi connectivity index (χ0v) is 16.8. The molecule has 30 heavy (non-hydrogen) atoms. The Balaban J connectivity index is 1.82. The number of nitrogens with one attached hydrogen (secondary N) is 1. The van der Waals surface area contributed by atoms with Crippen molar-refractivity contribution in [3.8, 4) is 22.8 Å². The third kappa shape index (κ3) is 3.05. The monoisotopic (exact) mass is 395 g/mol. The number of aromatic amines is 1. The van der Waals surface area contributed by atoms with E-state index in [1.807, 2.05) is 48.5 Å². The van der Waals surface area contributed by atoms with Crippen molar-refractivity contribution >= 4 is 21.8 Å². The molecule has 0 saturated carbocycles. The van der Waals surface area contributed by atoms with E-state index in [-0.39, 0.29) is 0 Å². The third-order valence-corrected chi connectivity index (χ3v) is 5.36. The van der Waals surface area contributed by atoms with Crippen LogP contribution in [0.5, 0.6) is 11.5 Å². The second-order valence-electron chi connectivity index (χ2n) is 7.14. The molecular weight excluding hydrogens is 374 g/mol. The lowest BCUT2D eigenvalue weighted by molar-refractivity contribution is 0.356. The van der Waals surface area contributed by atoms with Gasteiger partial charge in [-0.15, -0.1) is 0 Å². The molecule has 0 spiro atoms. The van der Waals surface area contributed by atoms with Crippen molar-refractivity contribution in [2.45, 2.75) is 6.42 Å². The summed E-state index contributed by atoms with van der Waals surface area (Å²) >= 11 is 0. The third-order valence-electron chi connectivity index (χ3n) is 5.36. The summed E-state index contributed by atoms with van der Waals surface area (Å²) in [5.41, 5.74) is 4.84. The Bertz CT molecular complexity index is 1330. The summed E-state index contributed by atoms with van der Waals surface area (Å²) in [5.74, 6) is 1.36. The van der Waals surface area contributed by atoms with Crippen LogP contribution in [0.15, 0.2) is 72.8 Å². The smallest absolute Gasteiger partial charge is 0.161 e. The highest BCUT2D eigenvalue weighted by Gasteiger charge is 2.19. The number of nitrogens with zero attached hydrogens (tertiary/aromatic N) is 2. The lowest BCUT2D eigenvalue weighted by atomic mass is 9.98. The molecule has 0 aliphatic rings. The van der Waals surface area contributed by atoms with Gasteiger partial charge in [0.05, 0.1) is 31.0 Å².